The first-order chi connectivity index (χ1) is 14.4. The van der Waals surface area contributed by atoms with Crippen LogP contribution in [0.4, 0.5) is 5.82 Å². The molecule has 0 fully saturated rings. The van der Waals surface area contributed by atoms with Gasteiger partial charge in [-0.1, -0.05) is 0 Å². The second-order valence-corrected chi connectivity index (χ2v) is 6.75. The molecule has 1 aromatic carbocycles. The van der Waals surface area contributed by atoms with E-state index in [1.165, 1.54) is 21.3 Å². The molecular weight excluding hydrogens is 388 g/mol. The van der Waals surface area contributed by atoms with Crippen LogP contribution in [0.1, 0.15) is 11.1 Å². The fourth-order valence-corrected chi connectivity index (χ4v) is 2.83. The Morgan fingerprint density at radius 2 is 1.63 bits per heavy atom. The molecule has 9 nitrogen and oxygen atoms in total. The van der Waals surface area contributed by atoms with E-state index in [-0.39, 0.29) is 31.4 Å². The van der Waals surface area contributed by atoms with Gasteiger partial charge in [-0.3, -0.25) is 14.5 Å². The molecule has 9 heteroatoms. The van der Waals surface area contributed by atoms with E-state index in [0.29, 0.717) is 23.1 Å². The minimum Gasteiger partial charge on any atom is -0.493 e. The van der Waals surface area contributed by atoms with Crippen molar-refractivity contribution in [1.82, 2.24) is 15.2 Å². The highest BCUT2D eigenvalue weighted by Gasteiger charge is 2.15. The summed E-state index contributed by atoms with van der Waals surface area (Å²) in [5.41, 5.74) is 1.79. The maximum absolute atomic E-state index is 12.3. The van der Waals surface area contributed by atoms with Crippen LogP contribution in [0.25, 0.3) is 0 Å². The van der Waals surface area contributed by atoms with Crippen LogP contribution in [-0.2, 0) is 16.1 Å². The molecule has 2 rings (SSSR count). The van der Waals surface area contributed by atoms with Gasteiger partial charge in [0.25, 0.3) is 0 Å². The standard InChI is InChI=1S/C21H28N4O5/c1-14-6-7-22-18(8-14)24-20(27)13-25(2)12-19(26)23-11-15-9-16(28-3)21(30-5)17(10-15)29-4/h6-10H,11-13H2,1-5H3,(H,23,26)(H,22,24,27). The van der Waals surface area contributed by atoms with Crippen molar-refractivity contribution in [2.75, 3.05) is 46.8 Å². The summed E-state index contributed by atoms with van der Waals surface area (Å²) in [6.45, 7) is 2.33. The molecular formula is C21H28N4O5. The van der Waals surface area contributed by atoms with E-state index in [1.54, 1.807) is 36.3 Å². The molecule has 0 saturated carbocycles. The molecule has 0 unspecified atom stereocenters. The largest absolute Gasteiger partial charge is 0.493 e. The van der Waals surface area contributed by atoms with E-state index >= 15 is 0 Å². The van der Waals surface area contributed by atoms with Crippen LogP contribution >= 0.6 is 0 Å². The Morgan fingerprint density at radius 3 is 2.20 bits per heavy atom. The number of carbonyl (C=O) groups excluding carboxylic acids is 2. The molecule has 0 atom stereocenters. The lowest BCUT2D eigenvalue weighted by atomic mass is 10.1. The van der Waals surface area contributed by atoms with Gasteiger partial charge in [-0.15, -0.1) is 0 Å². The Hall–Kier alpha value is -3.33. The predicted octanol–water partition coefficient (Wildman–Crippen LogP) is 1.60. The lowest BCUT2D eigenvalue weighted by molar-refractivity contribution is -0.123. The number of rotatable bonds is 10. The van der Waals surface area contributed by atoms with Gasteiger partial charge in [-0.2, -0.15) is 0 Å². The minimum atomic E-state index is -0.243. The molecule has 0 spiro atoms. The first-order valence-electron chi connectivity index (χ1n) is 9.33. The number of methoxy groups -OCH3 is 3. The van der Waals surface area contributed by atoms with Crippen LogP contribution in [0.3, 0.4) is 0 Å². The summed E-state index contributed by atoms with van der Waals surface area (Å²) in [6, 6.07) is 7.17. The second-order valence-electron chi connectivity index (χ2n) is 6.75. The predicted molar refractivity (Wildman–Crippen MR) is 113 cm³/mol. The molecule has 0 bridgehead atoms. The maximum atomic E-state index is 12.3. The third kappa shape index (κ3) is 6.63. The first kappa shape index (κ1) is 23.0. The number of nitrogens with one attached hydrogen (secondary N) is 2. The molecule has 0 aliphatic heterocycles. The van der Waals surface area contributed by atoms with Gasteiger partial charge in [0.1, 0.15) is 5.82 Å². The molecule has 2 N–H and O–H groups in total. The SMILES string of the molecule is COc1cc(CNC(=O)CN(C)CC(=O)Nc2cc(C)ccn2)cc(OC)c1OC. The molecule has 2 amide bonds. The third-order valence-electron chi connectivity index (χ3n) is 4.22. The number of amides is 2. The smallest absolute Gasteiger partial charge is 0.239 e. The van der Waals surface area contributed by atoms with Crippen LogP contribution < -0.4 is 24.8 Å². The van der Waals surface area contributed by atoms with E-state index in [9.17, 15) is 9.59 Å². The Bertz CT molecular complexity index is 862. The first-order valence-corrected chi connectivity index (χ1v) is 9.33. The van der Waals surface area contributed by atoms with Crippen molar-refractivity contribution in [2.24, 2.45) is 0 Å². The fraction of sp³-hybridized carbons (Fsp3) is 0.381. The van der Waals surface area contributed by atoms with E-state index < -0.39 is 0 Å². The Labute approximate surface area is 176 Å². The number of likely N-dealkylation sites (N-methyl/N-ethyl adjacent to an activating group) is 1. The molecule has 0 aliphatic carbocycles. The van der Waals surface area contributed by atoms with E-state index in [2.05, 4.69) is 15.6 Å². The number of anilines is 1. The average molecular weight is 416 g/mol. The molecule has 0 aliphatic rings. The Balaban J connectivity index is 1.86. The number of hydrogen-bond acceptors (Lipinski definition) is 7. The van der Waals surface area contributed by atoms with Gasteiger partial charge in [0.2, 0.25) is 17.6 Å². The number of aromatic nitrogens is 1. The number of pyridine rings is 1. The number of benzene rings is 1. The van der Waals surface area contributed by atoms with Crippen LogP contribution in [0.15, 0.2) is 30.5 Å². The van der Waals surface area contributed by atoms with Crippen LogP contribution in [0.5, 0.6) is 17.2 Å². The van der Waals surface area contributed by atoms with Gasteiger partial charge in [0.05, 0.1) is 34.4 Å². The number of nitrogens with zero attached hydrogens (tertiary/aromatic N) is 2. The molecule has 30 heavy (non-hydrogen) atoms. The van der Waals surface area contributed by atoms with Crippen molar-refractivity contribution in [3.05, 3.63) is 41.6 Å². The topological polar surface area (TPSA) is 102 Å². The van der Waals surface area contributed by atoms with Crippen molar-refractivity contribution in [2.45, 2.75) is 13.5 Å². The minimum absolute atomic E-state index is 0.0627. The highest BCUT2D eigenvalue weighted by Crippen LogP contribution is 2.38. The van der Waals surface area contributed by atoms with Gasteiger partial charge >= 0.3 is 0 Å². The summed E-state index contributed by atoms with van der Waals surface area (Å²) < 4.78 is 15.9. The summed E-state index contributed by atoms with van der Waals surface area (Å²) in [6.07, 6.45) is 1.63. The van der Waals surface area contributed by atoms with Gasteiger partial charge in [-0.05, 0) is 49.4 Å². The highest BCUT2D eigenvalue weighted by atomic mass is 16.5. The average Bonchev–Trinajstić information content (AvgIpc) is 2.71. The molecule has 0 radical (unpaired) electrons. The van der Waals surface area contributed by atoms with Crippen molar-refractivity contribution in [3.63, 3.8) is 0 Å². The summed E-state index contributed by atoms with van der Waals surface area (Å²) >= 11 is 0. The van der Waals surface area contributed by atoms with Gasteiger partial charge < -0.3 is 24.8 Å². The summed E-state index contributed by atoms with van der Waals surface area (Å²) in [7, 11) is 6.29. The second kappa shape index (κ2) is 11.0. The molecule has 0 saturated heterocycles. The summed E-state index contributed by atoms with van der Waals surface area (Å²) in [5, 5.41) is 5.54. The monoisotopic (exact) mass is 416 g/mol. The van der Waals surface area contributed by atoms with Crippen molar-refractivity contribution < 1.29 is 23.8 Å². The quantitative estimate of drug-likeness (QED) is 0.607. The number of hydrogen-bond donors (Lipinski definition) is 2. The van der Waals surface area contributed by atoms with Gasteiger partial charge in [-0.25, -0.2) is 4.98 Å². The maximum Gasteiger partial charge on any atom is 0.239 e. The molecule has 2 aromatic rings. The van der Waals surface area contributed by atoms with Crippen molar-refractivity contribution >= 4 is 17.6 Å². The number of ether oxygens (including phenoxy) is 3. The molecule has 1 heterocycles. The molecule has 1 aromatic heterocycles. The van der Waals surface area contributed by atoms with Crippen molar-refractivity contribution in [3.8, 4) is 17.2 Å². The van der Waals surface area contributed by atoms with E-state index in [0.717, 1.165) is 11.1 Å². The Morgan fingerprint density at radius 1 is 1.00 bits per heavy atom. The zero-order valence-electron chi connectivity index (χ0n) is 17.9. The zero-order valence-corrected chi connectivity index (χ0v) is 17.9. The fourth-order valence-electron chi connectivity index (χ4n) is 2.83. The third-order valence-corrected chi connectivity index (χ3v) is 4.22. The lowest BCUT2D eigenvalue weighted by Crippen LogP contribution is -2.38. The molecule has 162 valence electrons. The zero-order chi connectivity index (χ0) is 22.1. The van der Waals surface area contributed by atoms with E-state index in [4.69, 9.17) is 14.2 Å². The normalized spacial score (nSPS) is 10.5. The van der Waals surface area contributed by atoms with Gasteiger partial charge in [0, 0.05) is 12.7 Å². The Kier molecular flexibility index (Phi) is 8.42. The van der Waals surface area contributed by atoms with Crippen molar-refractivity contribution in [1.29, 1.82) is 0 Å². The number of carbonyl (C=O) groups is 2. The van der Waals surface area contributed by atoms with Gasteiger partial charge in [0.15, 0.2) is 11.5 Å². The van der Waals surface area contributed by atoms with Crippen LogP contribution in [0.2, 0.25) is 0 Å². The number of aryl methyl sites for hydroxylation is 1. The van der Waals surface area contributed by atoms with E-state index in [1.807, 2.05) is 13.0 Å². The van der Waals surface area contributed by atoms with Crippen LogP contribution in [-0.4, -0.2) is 63.2 Å². The highest BCUT2D eigenvalue weighted by molar-refractivity contribution is 5.91. The van der Waals surface area contributed by atoms with Crippen LogP contribution in [0, 0.1) is 6.92 Å². The lowest BCUT2D eigenvalue weighted by Gasteiger charge is -2.17. The summed E-state index contributed by atoms with van der Waals surface area (Å²) in [4.78, 5) is 30.1. The summed E-state index contributed by atoms with van der Waals surface area (Å²) in [5.74, 6) is 1.55.